The Bertz CT molecular complexity index is 3620. The number of benzene rings is 9. The molecule has 12 rings (SSSR count). The maximum atomic E-state index is 5.19. The fourth-order valence-electron chi connectivity index (χ4n) is 9.20. The molecule has 11 aromatic rings. The van der Waals surface area contributed by atoms with Crippen molar-refractivity contribution in [1.29, 1.82) is 0 Å². The van der Waals surface area contributed by atoms with Gasteiger partial charge in [0.1, 0.15) is 6.17 Å². The summed E-state index contributed by atoms with van der Waals surface area (Å²) in [6, 6.07) is 83.7. The molecule has 1 unspecified atom stereocenters. The Kier molecular flexibility index (Phi) is 10.4. The van der Waals surface area contributed by atoms with Gasteiger partial charge in [-0.15, -0.1) is 11.3 Å². The van der Waals surface area contributed by atoms with Gasteiger partial charge in [0.05, 0.1) is 17.1 Å². The van der Waals surface area contributed by atoms with Gasteiger partial charge in [0.2, 0.25) is 0 Å². The van der Waals surface area contributed by atoms with Crippen LogP contribution in [-0.2, 0) is 0 Å². The fourth-order valence-corrected chi connectivity index (χ4v) is 10.3. The molecule has 9 aromatic carbocycles. The monoisotopic (exact) mass is 874 g/mol. The van der Waals surface area contributed by atoms with Gasteiger partial charge in [0.15, 0.2) is 5.82 Å². The molecule has 1 atom stereocenters. The number of aliphatic imine (C=N–C) groups is 1. The van der Waals surface area contributed by atoms with Gasteiger partial charge >= 0.3 is 0 Å². The lowest BCUT2D eigenvalue weighted by molar-refractivity contribution is 0.664. The van der Waals surface area contributed by atoms with Gasteiger partial charge in [-0.05, 0) is 80.4 Å². The van der Waals surface area contributed by atoms with Crippen molar-refractivity contribution in [3.63, 3.8) is 0 Å². The van der Waals surface area contributed by atoms with E-state index in [1.165, 1.54) is 36.9 Å². The smallest absolute Gasteiger partial charge is 0.160 e. The molecular formula is C62H42N4S. The van der Waals surface area contributed by atoms with Gasteiger partial charge < -0.3 is 5.32 Å². The highest BCUT2D eigenvalue weighted by Crippen LogP contribution is 2.45. The van der Waals surface area contributed by atoms with Crippen molar-refractivity contribution in [2.45, 2.75) is 6.17 Å². The first-order valence-electron chi connectivity index (χ1n) is 22.6. The van der Waals surface area contributed by atoms with Crippen LogP contribution in [0.3, 0.4) is 0 Å². The topological polar surface area (TPSA) is 50.2 Å². The highest BCUT2D eigenvalue weighted by atomic mass is 32.1. The quantitative estimate of drug-likeness (QED) is 0.157. The van der Waals surface area contributed by atoms with E-state index in [-0.39, 0.29) is 6.17 Å². The van der Waals surface area contributed by atoms with Gasteiger partial charge in [-0.2, -0.15) is 0 Å². The Labute approximate surface area is 394 Å². The third-order valence-electron chi connectivity index (χ3n) is 12.6. The number of allylic oxidation sites excluding steroid dienone is 1. The molecule has 67 heavy (non-hydrogen) atoms. The molecule has 0 saturated carbocycles. The van der Waals surface area contributed by atoms with Gasteiger partial charge in [0.25, 0.3) is 0 Å². The summed E-state index contributed by atoms with van der Waals surface area (Å²) in [5, 5.41) is 6.28. The molecule has 0 amide bonds. The lowest BCUT2D eigenvalue weighted by atomic mass is 9.89. The molecule has 316 valence electrons. The van der Waals surface area contributed by atoms with Gasteiger partial charge in [-0.3, -0.25) is 4.99 Å². The van der Waals surface area contributed by atoms with Crippen LogP contribution in [0.4, 0.5) is 0 Å². The number of hydrogen-bond acceptors (Lipinski definition) is 5. The predicted octanol–water partition coefficient (Wildman–Crippen LogP) is 16.0. The van der Waals surface area contributed by atoms with Crippen LogP contribution in [0.25, 0.3) is 93.2 Å². The number of thiophene rings is 1. The molecule has 5 heteroatoms. The molecule has 1 aliphatic heterocycles. The molecule has 3 heterocycles. The molecule has 0 spiro atoms. The minimum atomic E-state index is -0.204. The number of aromatic nitrogens is 2. The van der Waals surface area contributed by atoms with Crippen molar-refractivity contribution in [3.8, 4) is 67.3 Å². The van der Waals surface area contributed by atoms with Crippen LogP contribution >= 0.6 is 11.3 Å². The minimum Gasteiger partial charge on any atom is -0.360 e. The van der Waals surface area contributed by atoms with Crippen molar-refractivity contribution in [2.24, 2.45) is 4.99 Å². The van der Waals surface area contributed by atoms with Crippen LogP contribution in [0.5, 0.6) is 0 Å². The van der Waals surface area contributed by atoms with E-state index in [1.54, 1.807) is 0 Å². The lowest BCUT2D eigenvalue weighted by Gasteiger charge is -2.25. The average Bonchev–Trinajstić information content (AvgIpc) is 3.80. The second kappa shape index (κ2) is 17.5. The molecule has 0 radical (unpaired) electrons. The molecular weight excluding hydrogens is 833 g/mol. The largest absolute Gasteiger partial charge is 0.360 e. The summed E-state index contributed by atoms with van der Waals surface area (Å²) in [7, 11) is 0. The van der Waals surface area contributed by atoms with Crippen molar-refractivity contribution in [1.82, 2.24) is 15.3 Å². The van der Waals surface area contributed by atoms with Crippen LogP contribution in [0.1, 0.15) is 22.9 Å². The van der Waals surface area contributed by atoms with Crippen molar-refractivity contribution in [2.75, 3.05) is 0 Å². The average molecular weight is 875 g/mol. The van der Waals surface area contributed by atoms with Crippen LogP contribution in [-0.4, -0.2) is 15.7 Å². The predicted molar refractivity (Wildman–Crippen MR) is 281 cm³/mol. The fraction of sp³-hybridized carbons (Fsp3) is 0.0161. The van der Waals surface area contributed by atoms with Crippen molar-refractivity contribution < 1.29 is 0 Å². The summed E-state index contributed by atoms with van der Waals surface area (Å²) >= 11 is 1.85. The Morgan fingerprint density at radius 2 is 0.955 bits per heavy atom. The molecule has 1 N–H and O–H groups in total. The third-order valence-corrected chi connectivity index (χ3v) is 13.7. The van der Waals surface area contributed by atoms with Gasteiger partial charge in [0, 0.05) is 42.6 Å². The van der Waals surface area contributed by atoms with Crippen LogP contribution in [0, 0.1) is 0 Å². The summed E-state index contributed by atoms with van der Waals surface area (Å²) in [6.07, 6.45) is 1.97. The van der Waals surface area contributed by atoms with E-state index in [4.69, 9.17) is 15.0 Å². The SMILES string of the molecule is C1=C(c2ccc(-c3ccc4sc5ccccc5c4c3-c3ccc(-c4cc(-c5cccc(-c6ccccc6)c5)nc(-c5ccccc5)n4)cc3)cc2)NC(c2ccccc2)N=C1c1ccccc1. The molecule has 4 nitrogen and oxygen atoms in total. The van der Waals surface area contributed by atoms with E-state index in [1.807, 2.05) is 41.7 Å². The molecule has 0 saturated heterocycles. The number of rotatable bonds is 9. The second-order valence-corrected chi connectivity index (χ2v) is 17.9. The Hall–Kier alpha value is -8.51. The highest BCUT2D eigenvalue weighted by Gasteiger charge is 2.21. The molecule has 0 bridgehead atoms. The highest BCUT2D eigenvalue weighted by molar-refractivity contribution is 7.26. The van der Waals surface area contributed by atoms with Gasteiger partial charge in [-0.1, -0.05) is 212 Å². The number of nitrogens with one attached hydrogen (secondary N) is 1. The molecule has 2 aromatic heterocycles. The van der Waals surface area contributed by atoms with Gasteiger partial charge in [-0.25, -0.2) is 9.97 Å². The second-order valence-electron chi connectivity index (χ2n) is 16.8. The van der Waals surface area contributed by atoms with Crippen LogP contribution in [0.15, 0.2) is 248 Å². The van der Waals surface area contributed by atoms with E-state index in [0.717, 1.165) is 72.9 Å². The summed E-state index contributed by atoms with van der Waals surface area (Å²) < 4.78 is 2.54. The first kappa shape index (κ1) is 40.0. The summed E-state index contributed by atoms with van der Waals surface area (Å²) in [4.78, 5) is 15.5. The Balaban J connectivity index is 0.942. The molecule has 0 fully saturated rings. The lowest BCUT2D eigenvalue weighted by Crippen LogP contribution is -2.24. The van der Waals surface area contributed by atoms with Crippen LogP contribution in [0.2, 0.25) is 0 Å². The van der Waals surface area contributed by atoms with E-state index in [2.05, 4.69) is 218 Å². The zero-order chi connectivity index (χ0) is 44.5. The summed E-state index contributed by atoms with van der Waals surface area (Å²) in [5.74, 6) is 0.695. The normalized spacial score (nSPS) is 13.5. The van der Waals surface area contributed by atoms with E-state index < -0.39 is 0 Å². The Morgan fingerprint density at radius 1 is 0.388 bits per heavy atom. The van der Waals surface area contributed by atoms with E-state index >= 15 is 0 Å². The van der Waals surface area contributed by atoms with Crippen molar-refractivity contribution >= 4 is 42.9 Å². The molecule has 1 aliphatic rings. The van der Waals surface area contributed by atoms with Crippen LogP contribution < -0.4 is 5.32 Å². The number of nitrogens with zero attached hydrogens (tertiary/aromatic N) is 3. The van der Waals surface area contributed by atoms with E-state index in [0.29, 0.717) is 5.82 Å². The maximum absolute atomic E-state index is 5.19. The number of fused-ring (bicyclic) bond motifs is 3. The zero-order valence-corrected chi connectivity index (χ0v) is 37.2. The zero-order valence-electron chi connectivity index (χ0n) is 36.4. The third kappa shape index (κ3) is 7.92. The minimum absolute atomic E-state index is 0.204. The summed E-state index contributed by atoms with van der Waals surface area (Å²) in [5.41, 5.74) is 17.1. The van der Waals surface area contributed by atoms with E-state index in [9.17, 15) is 0 Å². The molecule has 0 aliphatic carbocycles. The standard InChI is InChI=1S/C62H42N4S/c1-5-16-41(17-6-1)49-24-15-25-50(38-49)56-40-55(65-62(66-56)48-22-11-4-12-23-48)45-32-34-46(35-33-45)59-51(36-37-58-60(59)52-26-13-14-27-57(52)67-58)42-28-30-44(31-29-42)54-39-53(43-18-7-2-8-19-43)63-61(64-54)47-20-9-3-10-21-47/h1-40,61,64H. The maximum Gasteiger partial charge on any atom is 0.160 e. The Morgan fingerprint density at radius 3 is 1.69 bits per heavy atom. The summed E-state index contributed by atoms with van der Waals surface area (Å²) in [6.45, 7) is 0. The first-order valence-corrected chi connectivity index (χ1v) is 23.4. The number of hydrogen-bond donors (Lipinski definition) is 1. The van der Waals surface area contributed by atoms with Crippen molar-refractivity contribution in [3.05, 3.63) is 259 Å². The first-order chi connectivity index (χ1) is 33.2.